The summed E-state index contributed by atoms with van der Waals surface area (Å²) in [5.41, 5.74) is 0.338. The van der Waals surface area contributed by atoms with Gasteiger partial charge in [0.15, 0.2) is 0 Å². The van der Waals surface area contributed by atoms with Gasteiger partial charge in [0, 0.05) is 18.1 Å². The molecule has 0 saturated heterocycles. The highest BCUT2D eigenvalue weighted by atomic mass is 35.5. The SMILES string of the molecule is CC(C)CC(C)N(C)S(=O)(=O)c1cc(CO)c(Cl)cc1Cl. The van der Waals surface area contributed by atoms with E-state index in [1.807, 2.05) is 20.8 Å². The van der Waals surface area contributed by atoms with Crippen LogP contribution in [0.15, 0.2) is 17.0 Å². The second-order valence-electron chi connectivity index (χ2n) is 5.53. The molecule has 1 aromatic carbocycles. The van der Waals surface area contributed by atoms with E-state index in [1.165, 1.54) is 23.5 Å². The van der Waals surface area contributed by atoms with Crippen molar-refractivity contribution in [3.05, 3.63) is 27.7 Å². The Morgan fingerprint density at radius 2 is 1.76 bits per heavy atom. The van der Waals surface area contributed by atoms with Gasteiger partial charge >= 0.3 is 0 Å². The lowest BCUT2D eigenvalue weighted by atomic mass is 10.1. The van der Waals surface area contributed by atoms with E-state index in [-0.39, 0.29) is 27.6 Å². The Morgan fingerprint density at radius 1 is 1.19 bits per heavy atom. The highest BCUT2D eigenvalue weighted by molar-refractivity contribution is 7.89. The first-order valence-electron chi connectivity index (χ1n) is 6.68. The molecule has 4 nitrogen and oxygen atoms in total. The van der Waals surface area contributed by atoms with Gasteiger partial charge in [-0.05, 0) is 37.0 Å². The molecule has 0 amide bonds. The summed E-state index contributed by atoms with van der Waals surface area (Å²) in [6.45, 7) is 5.59. The summed E-state index contributed by atoms with van der Waals surface area (Å²) < 4.78 is 26.7. The van der Waals surface area contributed by atoms with E-state index in [1.54, 1.807) is 0 Å². The van der Waals surface area contributed by atoms with E-state index in [4.69, 9.17) is 23.2 Å². The zero-order valence-electron chi connectivity index (χ0n) is 12.6. The lowest BCUT2D eigenvalue weighted by Crippen LogP contribution is -2.36. The van der Waals surface area contributed by atoms with Crippen LogP contribution in [0.25, 0.3) is 0 Å². The van der Waals surface area contributed by atoms with Crippen molar-refractivity contribution >= 4 is 33.2 Å². The third-order valence-electron chi connectivity index (χ3n) is 3.36. The van der Waals surface area contributed by atoms with E-state index >= 15 is 0 Å². The van der Waals surface area contributed by atoms with Crippen molar-refractivity contribution in [2.75, 3.05) is 7.05 Å². The van der Waals surface area contributed by atoms with Gasteiger partial charge in [0.25, 0.3) is 0 Å². The molecular weight excluding hydrogens is 333 g/mol. The standard InChI is InChI=1S/C14H21Cl2NO3S/c1-9(2)5-10(3)17(4)21(19,20)14-6-11(8-18)12(15)7-13(14)16/h6-7,9-10,18H,5,8H2,1-4H3. The molecule has 0 aliphatic rings. The summed E-state index contributed by atoms with van der Waals surface area (Å²) >= 11 is 11.9. The van der Waals surface area contributed by atoms with Gasteiger partial charge in [0.2, 0.25) is 10.0 Å². The minimum absolute atomic E-state index is 0.0317. The van der Waals surface area contributed by atoms with Crippen molar-refractivity contribution in [2.45, 2.75) is 44.7 Å². The number of rotatable bonds is 6. The summed E-state index contributed by atoms with van der Waals surface area (Å²) in [6, 6.07) is 2.53. The maximum Gasteiger partial charge on any atom is 0.244 e. The largest absolute Gasteiger partial charge is 0.392 e. The number of hydrogen-bond acceptors (Lipinski definition) is 3. The van der Waals surface area contributed by atoms with E-state index in [2.05, 4.69) is 0 Å². The molecule has 0 aliphatic heterocycles. The maximum atomic E-state index is 12.7. The predicted octanol–water partition coefficient (Wildman–Crippen LogP) is 3.54. The van der Waals surface area contributed by atoms with Crippen molar-refractivity contribution < 1.29 is 13.5 Å². The fourth-order valence-electron chi connectivity index (χ4n) is 2.11. The molecule has 7 heteroatoms. The van der Waals surface area contributed by atoms with Crippen LogP contribution in [-0.4, -0.2) is 30.9 Å². The number of benzene rings is 1. The van der Waals surface area contributed by atoms with E-state index < -0.39 is 10.0 Å². The molecule has 1 unspecified atom stereocenters. The molecular formula is C14H21Cl2NO3S. The van der Waals surface area contributed by atoms with Gasteiger partial charge in [-0.1, -0.05) is 37.0 Å². The van der Waals surface area contributed by atoms with Gasteiger partial charge < -0.3 is 5.11 Å². The number of sulfonamides is 1. The lowest BCUT2D eigenvalue weighted by Gasteiger charge is -2.26. The van der Waals surface area contributed by atoms with Crippen LogP contribution in [0.4, 0.5) is 0 Å². The molecule has 0 bridgehead atoms. The molecule has 1 aromatic rings. The molecule has 0 spiro atoms. The molecule has 0 aliphatic carbocycles. The first-order chi connectivity index (χ1) is 9.61. The summed E-state index contributed by atoms with van der Waals surface area (Å²) in [4.78, 5) is -0.0317. The van der Waals surface area contributed by atoms with Crippen LogP contribution in [0.5, 0.6) is 0 Å². The minimum atomic E-state index is -3.73. The number of nitrogens with zero attached hydrogens (tertiary/aromatic N) is 1. The average Bonchev–Trinajstić information content (AvgIpc) is 2.36. The first kappa shape index (κ1) is 18.7. The number of aliphatic hydroxyl groups excluding tert-OH is 1. The summed E-state index contributed by atoms with van der Waals surface area (Å²) in [5, 5.41) is 9.54. The lowest BCUT2D eigenvalue weighted by molar-refractivity contribution is 0.281. The zero-order valence-corrected chi connectivity index (χ0v) is 14.9. The molecule has 0 saturated carbocycles. The number of halogens is 2. The monoisotopic (exact) mass is 353 g/mol. The molecule has 0 heterocycles. The van der Waals surface area contributed by atoms with E-state index in [0.29, 0.717) is 11.5 Å². The Kier molecular flexibility index (Phi) is 6.50. The third kappa shape index (κ3) is 4.33. The molecule has 0 radical (unpaired) electrons. The Labute approximate surface area is 136 Å². The van der Waals surface area contributed by atoms with E-state index in [9.17, 15) is 13.5 Å². The van der Waals surface area contributed by atoms with Crippen LogP contribution in [0.2, 0.25) is 10.0 Å². The van der Waals surface area contributed by atoms with Gasteiger partial charge in [0.1, 0.15) is 4.90 Å². The summed E-state index contributed by atoms with van der Waals surface area (Å²) in [5.74, 6) is 0.381. The highest BCUT2D eigenvalue weighted by Gasteiger charge is 2.28. The van der Waals surface area contributed by atoms with Gasteiger partial charge in [0.05, 0.1) is 11.6 Å². The molecule has 1 atom stereocenters. The van der Waals surface area contributed by atoms with Crippen LogP contribution in [-0.2, 0) is 16.6 Å². The van der Waals surface area contributed by atoms with Crippen LogP contribution in [0, 0.1) is 5.92 Å². The third-order valence-corrected chi connectivity index (χ3v) is 6.15. The van der Waals surface area contributed by atoms with Crippen LogP contribution >= 0.6 is 23.2 Å². The van der Waals surface area contributed by atoms with Gasteiger partial charge in [-0.2, -0.15) is 4.31 Å². The molecule has 120 valence electrons. The van der Waals surface area contributed by atoms with Crippen molar-refractivity contribution in [3.63, 3.8) is 0 Å². The second kappa shape index (κ2) is 7.29. The Bertz CT molecular complexity index is 602. The van der Waals surface area contributed by atoms with Gasteiger partial charge in [-0.25, -0.2) is 8.42 Å². The molecule has 0 aromatic heterocycles. The van der Waals surface area contributed by atoms with Crippen molar-refractivity contribution in [2.24, 2.45) is 5.92 Å². The number of hydrogen-bond donors (Lipinski definition) is 1. The fourth-order valence-corrected chi connectivity index (χ4v) is 4.31. The van der Waals surface area contributed by atoms with Gasteiger partial charge in [-0.15, -0.1) is 0 Å². The van der Waals surface area contributed by atoms with Crippen molar-refractivity contribution in [1.29, 1.82) is 0 Å². The maximum absolute atomic E-state index is 12.7. The van der Waals surface area contributed by atoms with Crippen LogP contribution in [0.3, 0.4) is 0 Å². The second-order valence-corrected chi connectivity index (χ2v) is 8.31. The van der Waals surface area contributed by atoms with E-state index in [0.717, 1.165) is 6.42 Å². The highest BCUT2D eigenvalue weighted by Crippen LogP contribution is 2.31. The fraction of sp³-hybridized carbons (Fsp3) is 0.571. The van der Waals surface area contributed by atoms with Crippen LogP contribution in [0.1, 0.15) is 32.8 Å². The number of aliphatic hydroxyl groups is 1. The minimum Gasteiger partial charge on any atom is -0.392 e. The summed E-state index contributed by atoms with van der Waals surface area (Å²) in [7, 11) is -2.20. The Morgan fingerprint density at radius 3 is 2.24 bits per heavy atom. The Balaban J connectivity index is 3.24. The predicted molar refractivity (Wildman–Crippen MR) is 86.3 cm³/mol. The topological polar surface area (TPSA) is 57.6 Å². The van der Waals surface area contributed by atoms with Gasteiger partial charge in [-0.3, -0.25) is 0 Å². The summed E-state index contributed by atoms with van der Waals surface area (Å²) in [6.07, 6.45) is 0.744. The van der Waals surface area contributed by atoms with Crippen LogP contribution < -0.4 is 0 Å². The average molecular weight is 354 g/mol. The Hall–Kier alpha value is -0.330. The smallest absolute Gasteiger partial charge is 0.244 e. The van der Waals surface area contributed by atoms with Crippen molar-refractivity contribution in [1.82, 2.24) is 4.31 Å². The quantitative estimate of drug-likeness (QED) is 0.850. The molecule has 21 heavy (non-hydrogen) atoms. The molecule has 0 fully saturated rings. The van der Waals surface area contributed by atoms with Crippen molar-refractivity contribution in [3.8, 4) is 0 Å². The first-order valence-corrected chi connectivity index (χ1v) is 8.87. The molecule has 1 N–H and O–H groups in total. The zero-order chi connectivity index (χ0) is 16.4. The normalized spacial score (nSPS) is 14.0. The molecule has 1 rings (SSSR count).